The molecular formula is C20H26FN3O4. The normalized spacial score (nSPS) is 25.2. The first kappa shape index (κ1) is 20.4. The highest BCUT2D eigenvalue weighted by Gasteiger charge is 2.43. The zero-order chi connectivity index (χ0) is 20.1. The third-order valence-electron chi connectivity index (χ3n) is 5.63. The van der Waals surface area contributed by atoms with E-state index >= 15 is 0 Å². The maximum absolute atomic E-state index is 13.2. The van der Waals surface area contributed by atoms with Gasteiger partial charge in [0.25, 0.3) is 0 Å². The van der Waals surface area contributed by atoms with Gasteiger partial charge in [-0.3, -0.25) is 9.59 Å². The molecule has 3 rings (SSSR count). The minimum absolute atomic E-state index is 0.0663. The number of benzene rings is 1. The molecule has 3 N–H and O–H groups in total. The number of hydrogen-bond donors (Lipinski definition) is 3. The van der Waals surface area contributed by atoms with E-state index in [4.69, 9.17) is 0 Å². The first-order valence-electron chi connectivity index (χ1n) is 9.57. The van der Waals surface area contributed by atoms with Gasteiger partial charge < -0.3 is 15.1 Å². The highest BCUT2D eigenvalue weighted by Crippen LogP contribution is 2.34. The molecule has 7 nitrogen and oxygen atoms in total. The molecule has 8 heteroatoms. The minimum atomic E-state index is -0.873. The molecule has 1 aromatic rings. The van der Waals surface area contributed by atoms with Crippen LogP contribution in [0, 0.1) is 11.2 Å². The summed E-state index contributed by atoms with van der Waals surface area (Å²) >= 11 is 0. The topological polar surface area (TPSA) is 102 Å². The Bertz CT molecular complexity index is 752. The molecule has 2 heterocycles. The molecule has 0 aliphatic carbocycles. The van der Waals surface area contributed by atoms with Gasteiger partial charge in [0.05, 0.1) is 12.7 Å². The van der Waals surface area contributed by atoms with Gasteiger partial charge in [0.15, 0.2) is 0 Å². The van der Waals surface area contributed by atoms with E-state index in [1.807, 2.05) is 0 Å². The molecule has 1 fully saturated rings. The molecule has 0 bridgehead atoms. The van der Waals surface area contributed by atoms with Crippen molar-refractivity contribution in [1.29, 1.82) is 0 Å². The number of carbonyl (C=O) groups is 2. The summed E-state index contributed by atoms with van der Waals surface area (Å²) in [5, 5.41) is 24.6. The van der Waals surface area contributed by atoms with Crippen molar-refractivity contribution in [2.45, 2.75) is 44.6 Å². The summed E-state index contributed by atoms with van der Waals surface area (Å²) in [6, 6.07) is 5.97. The Morgan fingerprint density at radius 2 is 2.07 bits per heavy atom. The van der Waals surface area contributed by atoms with E-state index in [1.54, 1.807) is 17.0 Å². The van der Waals surface area contributed by atoms with Crippen molar-refractivity contribution >= 4 is 17.5 Å². The van der Waals surface area contributed by atoms with Crippen molar-refractivity contribution in [3.8, 4) is 0 Å². The molecule has 28 heavy (non-hydrogen) atoms. The molecule has 0 radical (unpaired) electrons. The zero-order valence-corrected chi connectivity index (χ0v) is 15.7. The molecule has 2 aliphatic heterocycles. The average molecular weight is 391 g/mol. The number of nitrogens with one attached hydrogen (secondary N) is 1. The number of halogens is 1. The van der Waals surface area contributed by atoms with E-state index in [1.165, 1.54) is 12.1 Å². The highest BCUT2D eigenvalue weighted by atomic mass is 19.1. The largest absolute Gasteiger partial charge is 0.396 e. The molecule has 2 atom stereocenters. The van der Waals surface area contributed by atoms with E-state index in [0.717, 1.165) is 11.3 Å². The van der Waals surface area contributed by atoms with Gasteiger partial charge in [0, 0.05) is 37.1 Å². The zero-order valence-electron chi connectivity index (χ0n) is 15.7. The number of amides is 2. The van der Waals surface area contributed by atoms with Gasteiger partial charge in [-0.15, -0.1) is 0 Å². The summed E-state index contributed by atoms with van der Waals surface area (Å²) in [7, 11) is 0. The van der Waals surface area contributed by atoms with Crippen LogP contribution in [0.2, 0.25) is 0 Å². The average Bonchev–Trinajstić information content (AvgIpc) is 2.70. The fourth-order valence-corrected chi connectivity index (χ4v) is 3.86. The molecular weight excluding hydrogens is 365 g/mol. The smallest absolute Gasteiger partial charge is 0.240 e. The lowest BCUT2D eigenvalue weighted by Crippen LogP contribution is -2.56. The van der Waals surface area contributed by atoms with Crippen LogP contribution in [-0.2, 0) is 16.0 Å². The SMILES string of the molecule is O=C1CCC(CCC(=O)N2CC[C@H](O)[C@@](CO)(Cc3ccc(F)cc3)C2)=NN1. The molecule has 0 spiro atoms. The lowest BCUT2D eigenvalue weighted by molar-refractivity contribution is -0.141. The quantitative estimate of drug-likeness (QED) is 0.673. The van der Waals surface area contributed by atoms with E-state index in [0.29, 0.717) is 38.6 Å². The van der Waals surface area contributed by atoms with Crippen molar-refractivity contribution in [2.75, 3.05) is 19.7 Å². The first-order chi connectivity index (χ1) is 13.4. The van der Waals surface area contributed by atoms with E-state index in [2.05, 4.69) is 10.5 Å². The Balaban J connectivity index is 1.63. The first-order valence-corrected chi connectivity index (χ1v) is 9.57. The maximum atomic E-state index is 13.2. The van der Waals surface area contributed by atoms with Crippen LogP contribution < -0.4 is 5.43 Å². The predicted octanol–water partition coefficient (Wildman–Crippen LogP) is 0.986. The number of aliphatic hydroxyl groups excluding tert-OH is 2. The fourth-order valence-electron chi connectivity index (χ4n) is 3.86. The molecule has 152 valence electrons. The van der Waals surface area contributed by atoms with Gasteiger partial charge in [0.1, 0.15) is 5.82 Å². The molecule has 1 aromatic carbocycles. The van der Waals surface area contributed by atoms with Crippen LogP contribution in [-0.4, -0.2) is 58.4 Å². The third-order valence-corrected chi connectivity index (χ3v) is 5.63. The standard InChI is InChI=1S/C20H26FN3O4/c21-15-3-1-14(2-4-15)11-20(13-25)12-24(10-9-17(20)26)19(28)8-6-16-5-7-18(27)23-22-16/h1-4,17,25-26H,5-13H2,(H,23,27)/t17-,20-/m0/s1. The second-order valence-electron chi connectivity index (χ2n) is 7.66. The summed E-state index contributed by atoms with van der Waals surface area (Å²) in [6.45, 7) is 0.395. The Hall–Kier alpha value is -2.32. The Morgan fingerprint density at radius 3 is 2.71 bits per heavy atom. The Morgan fingerprint density at radius 1 is 1.32 bits per heavy atom. The van der Waals surface area contributed by atoms with Crippen molar-refractivity contribution in [3.05, 3.63) is 35.6 Å². The number of likely N-dealkylation sites (tertiary alicyclic amines) is 1. The van der Waals surface area contributed by atoms with Crippen molar-refractivity contribution in [1.82, 2.24) is 10.3 Å². The number of hydrogen-bond acceptors (Lipinski definition) is 5. The van der Waals surface area contributed by atoms with E-state index < -0.39 is 11.5 Å². The van der Waals surface area contributed by atoms with Gasteiger partial charge in [0.2, 0.25) is 11.8 Å². The number of rotatable bonds is 6. The monoisotopic (exact) mass is 391 g/mol. The molecule has 2 amide bonds. The Labute approximate surface area is 163 Å². The molecule has 0 saturated carbocycles. The number of hydrazone groups is 1. The molecule has 1 saturated heterocycles. The maximum Gasteiger partial charge on any atom is 0.240 e. The summed E-state index contributed by atoms with van der Waals surface area (Å²) in [6.07, 6.45) is 1.67. The van der Waals surface area contributed by atoms with Crippen LogP contribution in [0.1, 0.15) is 37.7 Å². The van der Waals surface area contributed by atoms with Crippen LogP contribution >= 0.6 is 0 Å². The van der Waals surface area contributed by atoms with Gasteiger partial charge >= 0.3 is 0 Å². The summed E-state index contributed by atoms with van der Waals surface area (Å²) in [4.78, 5) is 25.5. The lowest BCUT2D eigenvalue weighted by atomic mass is 9.73. The second-order valence-corrected chi connectivity index (χ2v) is 7.66. The van der Waals surface area contributed by atoms with Crippen LogP contribution in [0.15, 0.2) is 29.4 Å². The van der Waals surface area contributed by atoms with Crippen LogP contribution in [0.3, 0.4) is 0 Å². The van der Waals surface area contributed by atoms with Crippen LogP contribution in [0.25, 0.3) is 0 Å². The van der Waals surface area contributed by atoms with Gasteiger partial charge in [-0.1, -0.05) is 12.1 Å². The van der Waals surface area contributed by atoms with E-state index in [-0.39, 0.29) is 37.2 Å². The van der Waals surface area contributed by atoms with E-state index in [9.17, 15) is 24.2 Å². The van der Waals surface area contributed by atoms with Gasteiger partial charge in [-0.05, 0) is 43.4 Å². The van der Waals surface area contributed by atoms with Gasteiger partial charge in [-0.2, -0.15) is 5.10 Å². The highest BCUT2D eigenvalue weighted by molar-refractivity contribution is 5.94. The third kappa shape index (κ3) is 4.74. The van der Waals surface area contributed by atoms with Crippen molar-refractivity contribution in [2.24, 2.45) is 10.5 Å². The van der Waals surface area contributed by atoms with Crippen molar-refractivity contribution < 1.29 is 24.2 Å². The summed E-state index contributed by atoms with van der Waals surface area (Å²) in [5.74, 6) is -0.526. The summed E-state index contributed by atoms with van der Waals surface area (Å²) in [5.41, 5.74) is 3.15. The molecule has 0 aromatic heterocycles. The van der Waals surface area contributed by atoms with Crippen molar-refractivity contribution in [3.63, 3.8) is 0 Å². The molecule has 2 aliphatic rings. The number of nitrogens with zero attached hydrogens (tertiary/aromatic N) is 2. The fraction of sp³-hybridized carbons (Fsp3) is 0.550. The predicted molar refractivity (Wildman–Crippen MR) is 101 cm³/mol. The second kappa shape index (κ2) is 8.79. The minimum Gasteiger partial charge on any atom is -0.396 e. The number of carbonyl (C=O) groups excluding carboxylic acids is 2. The van der Waals surface area contributed by atoms with Crippen LogP contribution in [0.5, 0.6) is 0 Å². The Kier molecular flexibility index (Phi) is 6.41. The lowest BCUT2D eigenvalue weighted by Gasteiger charge is -2.45. The molecule has 0 unspecified atom stereocenters. The number of piperidine rings is 1. The van der Waals surface area contributed by atoms with Crippen LogP contribution in [0.4, 0.5) is 4.39 Å². The summed E-state index contributed by atoms with van der Waals surface area (Å²) < 4.78 is 13.2. The number of aliphatic hydroxyl groups is 2. The van der Waals surface area contributed by atoms with Gasteiger partial charge in [-0.25, -0.2) is 9.82 Å².